The zero-order valence-electron chi connectivity index (χ0n) is 10.7. The fourth-order valence-corrected chi connectivity index (χ4v) is 2.60. The lowest BCUT2D eigenvalue weighted by molar-refractivity contribution is -0.115. The van der Waals surface area contributed by atoms with Crippen molar-refractivity contribution in [3.63, 3.8) is 0 Å². The van der Waals surface area contributed by atoms with E-state index in [1.54, 1.807) is 18.2 Å². The molecule has 1 saturated heterocycles. The van der Waals surface area contributed by atoms with Crippen LogP contribution in [0, 0.1) is 5.92 Å². The second kappa shape index (κ2) is 5.01. The largest absolute Gasteiger partial charge is 0.352 e. The van der Waals surface area contributed by atoms with Gasteiger partial charge in [0.05, 0.1) is 6.42 Å². The second-order valence-electron chi connectivity index (χ2n) is 5.17. The van der Waals surface area contributed by atoms with Gasteiger partial charge in [-0.3, -0.25) is 9.59 Å². The number of carbonyl (C=O) groups excluding carboxylic acids is 2. The maximum atomic E-state index is 12.0. The highest BCUT2D eigenvalue weighted by Crippen LogP contribution is 2.23. The molecule has 0 unspecified atom stereocenters. The fraction of sp³-hybridized carbons (Fsp3) is 0.429. The highest BCUT2D eigenvalue weighted by molar-refractivity contribution is 6.01. The summed E-state index contributed by atoms with van der Waals surface area (Å²) in [6, 6.07) is 5.36. The lowest BCUT2D eigenvalue weighted by Crippen LogP contribution is -2.30. The number of amides is 2. The first kappa shape index (κ1) is 12.2. The molecule has 2 aliphatic heterocycles. The van der Waals surface area contributed by atoms with E-state index < -0.39 is 0 Å². The van der Waals surface area contributed by atoms with Gasteiger partial charge in [-0.1, -0.05) is 0 Å². The van der Waals surface area contributed by atoms with Crippen molar-refractivity contribution in [3.05, 3.63) is 29.3 Å². The van der Waals surface area contributed by atoms with E-state index in [4.69, 9.17) is 0 Å². The van der Waals surface area contributed by atoms with E-state index in [2.05, 4.69) is 16.0 Å². The first-order valence-electron chi connectivity index (χ1n) is 6.64. The van der Waals surface area contributed by atoms with Crippen molar-refractivity contribution in [2.75, 3.05) is 25.0 Å². The molecule has 0 saturated carbocycles. The van der Waals surface area contributed by atoms with Crippen LogP contribution >= 0.6 is 0 Å². The quantitative estimate of drug-likeness (QED) is 0.741. The molecule has 2 aliphatic rings. The van der Waals surface area contributed by atoms with E-state index in [9.17, 15) is 9.59 Å². The Hall–Kier alpha value is -1.88. The molecular weight excluding hydrogens is 242 g/mol. The molecule has 100 valence electrons. The number of anilines is 1. The van der Waals surface area contributed by atoms with Crippen LogP contribution in [0.15, 0.2) is 18.2 Å². The molecule has 0 aromatic heterocycles. The third-order valence-electron chi connectivity index (χ3n) is 3.71. The lowest BCUT2D eigenvalue weighted by Gasteiger charge is -2.10. The van der Waals surface area contributed by atoms with Crippen LogP contribution in [0.4, 0.5) is 5.69 Å². The minimum atomic E-state index is -0.0611. The maximum absolute atomic E-state index is 12.0. The molecule has 0 bridgehead atoms. The van der Waals surface area contributed by atoms with Gasteiger partial charge in [0.2, 0.25) is 5.91 Å². The summed E-state index contributed by atoms with van der Waals surface area (Å²) < 4.78 is 0. The molecule has 0 aliphatic carbocycles. The van der Waals surface area contributed by atoms with Gasteiger partial charge >= 0.3 is 0 Å². The van der Waals surface area contributed by atoms with Crippen molar-refractivity contribution >= 4 is 17.5 Å². The molecule has 1 atom stereocenters. The van der Waals surface area contributed by atoms with E-state index in [1.807, 2.05) is 0 Å². The number of nitrogens with one attached hydrogen (secondary N) is 3. The summed E-state index contributed by atoms with van der Waals surface area (Å²) in [6.45, 7) is 2.72. The zero-order valence-corrected chi connectivity index (χ0v) is 10.7. The van der Waals surface area contributed by atoms with Crippen LogP contribution in [0.2, 0.25) is 0 Å². The van der Waals surface area contributed by atoms with Gasteiger partial charge in [-0.25, -0.2) is 0 Å². The molecule has 0 spiro atoms. The first-order valence-corrected chi connectivity index (χ1v) is 6.64. The summed E-state index contributed by atoms with van der Waals surface area (Å²) in [5.74, 6) is 0.459. The van der Waals surface area contributed by atoms with Gasteiger partial charge in [0.15, 0.2) is 0 Å². The monoisotopic (exact) mass is 259 g/mol. The number of hydrogen-bond donors (Lipinski definition) is 3. The molecule has 3 N–H and O–H groups in total. The summed E-state index contributed by atoms with van der Waals surface area (Å²) in [6.07, 6.45) is 1.48. The van der Waals surface area contributed by atoms with Crippen LogP contribution < -0.4 is 16.0 Å². The fourth-order valence-electron chi connectivity index (χ4n) is 2.60. The minimum absolute atomic E-state index is 0.00964. The smallest absolute Gasteiger partial charge is 0.251 e. The summed E-state index contributed by atoms with van der Waals surface area (Å²) in [4.78, 5) is 23.3. The Balaban J connectivity index is 1.63. The Morgan fingerprint density at radius 3 is 3.11 bits per heavy atom. The van der Waals surface area contributed by atoms with Gasteiger partial charge in [-0.05, 0) is 49.2 Å². The molecule has 3 rings (SSSR count). The summed E-state index contributed by atoms with van der Waals surface area (Å²) in [7, 11) is 0. The average molecular weight is 259 g/mol. The van der Waals surface area contributed by atoms with Crippen LogP contribution in [-0.2, 0) is 11.2 Å². The van der Waals surface area contributed by atoms with Crippen LogP contribution in [0.25, 0.3) is 0 Å². The van der Waals surface area contributed by atoms with Crippen molar-refractivity contribution in [2.24, 2.45) is 5.92 Å². The van der Waals surface area contributed by atoms with E-state index in [0.29, 0.717) is 24.4 Å². The topological polar surface area (TPSA) is 70.2 Å². The van der Waals surface area contributed by atoms with E-state index in [1.165, 1.54) is 0 Å². The van der Waals surface area contributed by atoms with Gasteiger partial charge < -0.3 is 16.0 Å². The van der Waals surface area contributed by atoms with Crippen molar-refractivity contribution in [1.82, 2.24) is 10.6 Å². The highest BCUT2D eigenvalue weighted by Gasteiger charge is 2.20. The maximum Gasteiger partial charge on any atom is 0.251 e. The Labute approximate surface area is 111 Å². The molecule has 5 nitrogen and oxygen atoms in total. The first-order chi connectivity index (χ1) is 9.22. The predicted octanol–water partition coefficient (Wildman–Crippen LogP) is 0.520. The van der Waals surface area contributed by atoms with E-state index in [0.717, 1.165) is 30.8 Å². The Bertz CT molecular complexity index is 521. The molecule has 5 heteroatoms. The number of fused-ring (bicyclic) bond motifs is 1. The summed E-state index contributed by atoms with van der Waals surface area (Å²) in [5, 5.41) is 9.00. The van der Waals surface area contributed by atoms with E-state index in [-0.39, 0.29) is 11.8 Å². The Morgan fingerprint density at radius 2 is 2.32 bits per heavy atom. The molecule has 0 radical (unpaired) electrons. The molecular formula is C14H17N3O2. The third kappa shape index (κ3) is 2.61. The minimum Gasteiger partial charge on any atom is -0.352 e. The van der Waals surface area contributed by atoms with Gasteiger partial charge in [0, 0.05) is 17.8 Å². The van der Waals surface area contributed by atoms with Crippen molar-refractivity contribution in [3.8, 4) is 0 Å². The van der Waals surface area contributed by atoms with Gasteiger partial charge in [-0.15, -0.1) is 0 Å². The number of carbonyl (C=O) groups is 2. The van der Waals surface area contributed by atoms with E-state index >= 15 is 0 Å². The number of benzene rings is 1. The summed E-state index contributed by atoms with van der Waals surface area (Å²) >= 11 is 0. The highest BCUT2D eigenvalue weighted by atomic mass is 16.2. The van der Waals surface area contributed by atoms with Crippen molar-refractivity contribution in [2.45, 2.75) is 12.8 Å². The number of rotatable bonds is 3. The average Bonchev–Trinajstić information content (AvgIpc) is 3.02. The molecule has 1 aromatic rings. The second-order valence-corrected chi connectivity index (χ2v) is 5.17. The molecule has 2 heterocycles. The van der Waals surface area contributed by atoms with Crippen LogP contribution in [0.1, 0.15) is 22.3 Å². The van der Waals surface area contributed by atoms with Crippen molar-refractivity contribution < 1.29 is 9.59 Å². The summed E-state index contributed by atoms with van der Waals surface area (Å²) in [5.41, 5.74) is 2.35. The normalized spacial score (nSPS) is 21.1. The van der Waals surface area contributed by atoms with Crippen LogP contribution in [0.5, 0.6) is 0 Å². The predicted molar refractivity (Wildman–Crippen MR) is 72.1 cm³/mol. The Kier molecular flexibility index (Phi) is 3.21. The molecule has 1 fully saturated rings. The molecule has 19 heavy (non-hydrogen) atoms. The Morgan fingerprint density at radius 1 is 1.42 bits per heavy atom. The van der Waals surface area contributed by atoms with Crippen LogP contribution in [-0.4, -0.2) is 31.4 Å². The molecule has 2 amide bonds. The lowest BCUT2D eigenvalue weighted by atomic mass is 10.1. The van der Waals surface area contributed by atoms with Gasteiger partial charge in [0.1, 0.15) is 0 Å². The SMILES string of the molecule is O=C1Cc2cc(C(=O)NC[C@@H]3CCNC3)ccc2N1. The third-order valence-corrected chi connectivity index (χ3v) is 3.71. The zero-order chi connectivity index (χ0) is 13.2. The number of hydrogen-bond acceptors (Lipinski definition) is 3. The van der Waals surface area contributed by atoms with Crippen molar-refractivity contribution in [1.29, 1.82) is 0 Å². The van der Waals surface area contributed by atoms with Gasteiger partial charge in [0.25, 0.3) is 5.91 Å². The standard InChI is InChI=1S/C14H17N3O2/c18-13-6-11-5-10(1-2-12(11)17-13)14(19)16-8-9-3-4-15-7-9/h1-2,5,9,15H,3-4,6-8H2,(H,16,19)(H,17,18)/t9-/m1/s1. The van der Waals surface area contributed by atoms with Gasteiger partial charge in [-0.2, -0.15) is 0 Å². The van der Waals surface area contributed by atoms with Crippen LogP contribution in [0.3, 0.4) is 0 Å². The molecule has 1 aromatic carbocycles.